The number of halogens is 1. The number of para-hydroxylation sites is 1. The van der Waals surface area contributed by atoms with Crippen molar-refractivity contribution < 1.29 is 4.39 Å². The first-order valence-corrected chi connectivity index (χ1v) is 5.28. The van der Waals surface area contributed by atoms with Crippen LogP contribution in [-0.2, 0) is 0 Å². The molecule has 1 aromatic carbocycles. The molecule has 1 aliphatic rings. The molecule has 0 radical (unpaired) electrons. The molecule has 1 unspecified atom stereocenters. The summed E-state index contributed by atoms with van der Waals surface area (Å²) in [6.07, 6.45) is 4.24. The maximum Gasteiger partial charge on any atom is 0.147 e. The van der Waals surface area contributed by atoms with E-state index in [-0.39, 0.29) is 11.9 Å². The number of nitrogens with one attached hydrogen (secondary N) is 1. The third-order valence-electron chi connectivity index (χ3n) is 3.19. The SMILES string of the molecule is NC(c1c[nH]c2c(F)cccc12)C1CC1. The summed E-state index contributed by atoms with van der Waals surface area (Å²) >= 11 is 0. The molecule has 1 heterocycles. The van der Waals surface area contributed by atoms with E-state index < -0.39 is 0 Å². The summed E-state index contributed by atoms with van der Waals surface area (Å²) in [4.78, 5) is 2.96. The lowest BCUT2D eigenvalue weighted by molar-refractivity contribution is 0.636. The summed E-state index contributed by atoms with van der Waals surface area (Å²) in [5, 5.41) is 0.925. The average molecular weight is 204 g/mol. The van der Waals surface area contributed by atoms with E-state index in [2.05, 4.69) is 4.98 Å². The molecule has 3 heteroatoms. The summed E-state index contributed by atoms with van der Waals surface area (Å²) in [5.74, 6) is 0.383. The molecule has 15 heavy (non-hydrogen) atoms. The predicted octanol–water partition coefficient (Wildman–Crippen LogP) is 2.72. The van der Waals surface area contributed by atoms with Gasteiger partial charge in [-0.1, -0.05) is 12.1 Å². The Balaban J connectivity index is 2.15. The smallest absolute Gasteiger partial charge is 0.147 e. The maximum absolute atomic E-state index is 13.4. The Labute approximate surface area is 87.3 Å². The van der Waals surface area contributed by atoms with Gasteiger partial charge in [0, 0.05) is 17.6 Å². The number of hydrogen-bond acceptors (Lipinski definition) is 1. The van der Waals surface area contributed by atoms with E-state index >= 15 is 0 Å². The number of H-pyrrole nitrogens is 1. The molecule has 0 amide bonds. The van der Waals surface area contributed by atoms with Gasteiger partial charge >= 0.3 is 0 Å². The van der Waals surface area contributed by atoms with Crippen LogP contribution < -0.4 is 5.73 Å². The Bertz CT molecular complexity index is 499. The minimum absolute atomic E-state index is 0.0561. The highest BCUT2D eigenvalue weighted by Gasteiger charge is 2.30. The zero-order valence-electron chi connectivity index (χ0n) is 8.33. The van der Waals surface area contributed by atoms with E-state index in [1.54, 1.807) is 6.07 Å². The molecule has 2 nitrogen and oxygen atoms in total. The third-order valence-corrected chi connectivity index (χ3v) is 3.19. The zero-order valence-corrected chi connectivity index (χ0v) is 8.33. The normalized spacial score (nSPS) is 18.3. The largest absolute Gasteiger partial charge is 0.358 e. The molecule has 78 valence electrons. The predicted molar refractivity (Wildman–Crippen MR) is 57.9 cm³/mol. The Morgan fingerprint density at radius 3 is 2.93 bits per heavy atom. The molecular formula is C12H13FN2. The first-order chi connectivity index (χ1) is 7.27. The van der Waals surface area contributed by atoms with Crippen molar-refractivity contribution in [3.63, 3.8) is 0 Å². The molecule has 3 rings (SSSR count). The lowest BCUT2D eigenvalue weighted by atomic mass is 10.0. The summed E-state index contributed by atoms with van der Waals surface area (Å²) in [7, 11) is 0. The first-order valence-electron chi connectivity index (χ1n) is 5.28. The molecule has 1 atom stereocenters. The maximum atomic E-state index is 13.4. The molecule has 0 aliphatic heterocycles. The highest BCUT2D eigenvalue weighted by atomic mass is 19.1. The van der Waals surface area contributed by atoms with Crippen molar-refractivity contribution in [3.8, 4) is 0 Å². The van der Waals surface area contributed by atoms with Crippen LogP contribution in [0.4, 0.5) is 4.39 Å². The van der Waals surface area contributed by atoms with E-state index in [1.165, 1.54) is 18.9 Å². The zero-order chi connectivity index (χ0) is 10.4. The lowest BCUT2D eigenvalue weighted by Gasteiger charge is -2.08. The number of aromatic amines is 1. The highest BCUT2D eigenvalue weighted by molar-refractivity contribution is 5.84. The quantitative estimate of drug-likeness (QED) is 0.776. The van der Waals surface area contributed by atoms with Gasteiger partial charge in [0.1, 0.15) is 5.82 Å². The van der Waals surface area contributed by atoms with Crippen molar-refractivity contribution in [2.75, 3.05) is 0 Å². The van der Waals surface area contributed by atoms with Gasteiger partial charge in [0.15, 0.2) is 0 Å². The van der Waals surface area contributed by atoms with Gasteiger partial charge in [-0.15, -0.1) is 0 Å². The van der Waals surface area contributed by atoms with Gasteiger partial charge in [-0.05, 0) is 30.4 Å². The summed E-state index contributed by atoms with van der Waals surface area (Å²) in [6, 6.07) is 5.17. The fourth-order valence-corrected chi connectivity index (χ4v) is 2.12. The van der Waals surface area contributed by atoms with Crippen LogP contribution in [-0.4, -0.2) is 4.98 Å². The van der Waals surface area contributed by atoms with Crippen molar-refractivity contribution >= 4 is 10.9 Å². The Morgan fingerprint density at radius 1 is 1.40 bits per heavy atom. The molecule has 1 saturated carbocycles. The molecule has 0 saturated heterocycles. The number of fused-ring (bicyclic) bond motifs is 1. The van der Waals surface area contributed by atoms with Crippen LogP contribution >= 0.6 is 0 Å². The second kappa shape index (κ2) is 3.07. The molecule has 0 bridgehead atoms. The number of rotatable bonds is 2. The van der Waals surface area contributed by atoms with Gasteiger partial charge < -0.3 is 10.7 Å². The van der Waals surface area contributed by atoms with E-state index in [9.17, 15) is 4.39 Å². The van der Waals surface area contributed by atoms with E-state index in [0.29, 0.717) is 11.4 Å². The van der Waals surface area contributed by atoms with E-state index in [4.69, 9.17) is 5.73 Å². The van der Waals surface area contributed by atoms with Crippen LogP contribution in [0.3, 0.4) is 0 Å². The van der Waals surface area contributed by atoms with Crippen LogP contribution in [0.25, 0.3) is 10.9 Å². The molecule has 1 fully saturated rings. The Hall–Kier alpha value is -1.35. The van der Waals surface area contributed by atoms with Crippen LogP contribution in [0.2, 0.25) is 0 Å². The number of benzene rings is 1. The number of aromatic nitrogens is 1. The highest BCUT2D eigenvalue weighted by Crippen LogP contribution is 2.41. The fraction of sp³-hybridized carbons (Fsp3) is 0.333. The topological polar surface area (TPSA) is 41.8 Å². The van der Waals surface area contributed by atoms with Crippen molar-refractivity contribution in [1.82, 2.24) is 4.98 Å². The summed E-state index contributed by atoms with van der Waals surface area (Å²) < 4.78 is 13.4. The Kier molecular flexibility index (Phi) is 1.83. The lowest BCUT2D eigenvalue weighted by Crippen LogP contribution is -2.11. The van der Waals surface area contributed by atoms with Crippen LogP contribution in [0, 0.1) is 11.7 Å². The van der Waals surface area contributed by atoms with Crippen LogP contribution in [0.1, 0.15) is 24.4 Å². The number of nitrogens with two attached hydrogens (primary N) is 1. The van der Waals surface area contributed by atoms with Gasteiger partial charge in [0.2, 0.25) is 0 Å². The standard InChI is InChI=1S/C12H13FN2/c13-10-3-1-2-8-9(6-15-12(8)10)11(14)7-4-5-7/h1-3,6-7,11,15H,4-5,14H2. The second-order valence-electron chi connectivity index (χ2n) is 4.27. The van der Waals surface area contributed by atoms with Crippen molar-refractivity contribution in [2.45, 2.75) is 18.9 Å². The average Bonchev–Trinajstić information content (AvgIpc) is 2.98. The fourth-order valence-electron chi connectivity index (χ4n) is 2.12. The summed E-state index contributed by atoms with van der Waals surface area (Å²) in [6.45, 7) is 0. The number of hydrogen-bond donors (Lipinski definition) is 2. The Morgan fingerprint density at radius 2 is 2.20 bits per heavy atom. The molecule has 1 aliphatic carbocycles. The van der Waals surface area contributed by atoms with Gasteiger partial charge in [-0.25, -0.2) is 4.39 Å². The van der Waals surface area contributed by atoms with Crippen LogP contribution in [0.15, 0.2) is 24.4 Å². The van der Waals surface area contributed by atoms with Gasteiger partial charge in [0.05, 0.1) is 5.52 Å². The van der Waals surface area contributed by atoms with Crippen molar-refractivity contribution in [2.24, 2.45) is 11.7 Å². The molecule has 1 aromatic heterocycles. The minimum atomic E-state index is -0.207. The van der Waals surface area contributed by atoms with Crippen LogP contribution in [0.5, 0.6) is 0 Å². The van der Waals surface area contributed by atoms with Gasteiger partial charge in [0.25, 0.3) is 0 Å². The first kappa shape index (κ1) is 8.92. The van der Waals surface area contributed by atoms with Crippen molar-refractivity contribution in [1.29, 1.82) is 0 Å². The summed E-state index contributed by atoms with van der Waals surface area (Å²) in [5.41, 5.74) is 7.74. The minimum Gasteiger partial charge on any atom is -0.358 e. The molecule has 2 aromatic rings. The van der Waals surface area contributed by atoms with Gasteiger partial charge in [-0.3, -0.25) is 0 Å². The third kappa shape index (κ3) is 1.35. The second-order valence-corrected chi connectivity index (χ2v) is 4.27. The molecule has 0 spiro atoms. The van der Waals surface area contributed by atoms with E-state index in [0.717, 1.165) is 10.9 Å². The molecule has 3 N–H and O–H groups in total. The van der Waals surface area contributed by atoms with Crippen molar-refractivity contribution in [3.05, 3.63) is 35.8 Å². The molecular weight excluding hydrogens is 191 g/mol. The monoisotopic (exact) mass is 204 g/mol. The van der Waals surface area contributed by atoms with Gasteiger partial charge in [-0.2, -0.15) is 0 Å². The van der Waals surface area contributed by atoms with E-state index in [1.807, 2.05) is 12.3 Å².